The van der Waals surface area contributed by atoms with E-state index in [4.69, 9.17) is 21.1 Å². The average molecular weight is 451 g/mol. The molecule has 0 aromatic heterocycles. The third-order valence-corrected chi connectivity index (χ3v) is 6.16. The number of benzene rings is 3. The lowest BCUT2D eigenvalue weighted by Crippen LogP contribution is -2.49. The van der Waals surface area contributed by atoms with Crippen LogP contribution in [0.5, 0.6) is 11.5 Å². The van der Waals surface area contributed by atoms with Crippen molar-refractivity contribution in [3.8, 4) is 11.5 Å². The van der Waals surface area contributed by atoms with E-state index in [-0.39, 0.29) is 11.9 Å². The fourth-order valence-electron chi connectivity index (χ4n) is 4.22. The molecule has 1 aliphatic heterocycles. The smallest absolute Gasteiger partial charge is 0.257 e. The second kappa shape index (κ2) is 10.1. The van der Waals surface area contributed by atoms with Gasteiger partial charge in [0.15, 0.2) is 0 Å². The van der Waals surface area contributed by atoms with E-state index < -0.39 is 0 Å². The summed E-state index contributed by atoms with van der Waals surface area (Å²) < 4.78 is 10.7. The first-order chi connectivity index (χ1) is 15.6. The fraction of sp³-hybridized carbons (Fsp3) is 0.269. The molecule has 3 aromatic rings. The predicted octanol–water partition coefficient (Wildman–Crippen LogP) is 4.90. The molecule has 1 aliphatic rings. The van der Waals surface area contributed by atoms with Gasteiger partial charge < -0.3 is 14.4 Å². The molecule has 1 fully saturated rings. The Labute approximate surface area is 194 Å². The van der Waals surface area contributed by atoms with Crippen LogP contribution < -0.4 is 9.47 Å². The Morgan fingerprint density at radius 2 is 1.50 bits per heavy atom. The standard InChI is InChI=1S/C26H27ClN2O3/c1-31-22-12-13-23(24(18-22)32-2)26(30)29-16-14-28(15-17-29)25(19-6-4-3-5-7-19)20-8-10-21(27)11-9-20/h3-13,18,25H,14-17H2,1-2H3. The molecule has 1 amide bonds. The van der Waals surface area contributed by atoms with Crippen LogP contribution in [0.2, 0.25) is 5.02 Å². The Morgan fingerprint density at radius 3 is 2.12 bits per heavy atom. The van der Waals surface area contributed by atoms with Gasteiger partial charge in [-0.05, 0) is 35.4 Å². The van der Waals surface area contributed by atoms with Gasteiger partial charge in [0, 0.05) is 37.3 Å². The lowest BCUT2D eigenvalue weighted by molar-refractivity contribution is 0.0594. The maximum Gasteiger partial charge on any atom is 0.257 e. The number of carbonyl (C=O) groups is 1. The summed E-state index contributed by atoms with van der Waals surface area (Å²) in [5.41, 5.74) is 2.97. The van der Waals surface area contributed by atoms with Crippen molar-refractivity contribution < 1.29 is 14.3 Å². The summed E-state index contributed by atoms with van der Waals surface area (Å²) in [4.78, 5) is 17.5. The molecule has 5 nitrogen and oxygen atoms in total. The molecule has 1 heterocycles. The number of nitrogens with zero attached hydrogens (tertiary/aromatic N) is 2. The molecule has 166 valence electrons. The van der Waals surface area contributed by atoms with E-state index >= 15 is 0 Å². The normalized spacial score (nSPS) is 15.3. The zero-order valence-corrected chi connectivity index (χ0v) is 19.1. The SMILES string of the molecule is COc1ccc(C(=O)N2CCN(C(c3ccccc3)c3ccc(Cl)cc3)CC2)c(OC)c1. The molecule has 3 aromatic carbocycles. The molecule has 1 unspecified atom stereocenters. The van der Waals surface area contributed by atoms with Gasteiger partial charge in [-0.15, -0.1) is 0 Å². The van der Waals surface area contributed by atoms with E-state index in [9.17, 15) is 4.79 Å². The number of methoxy groups -OCH3 is 2. The van der Waals surface area contributed by atoms with Gasteiger partial charge in [-0.25, -0.2) is 0 Å². The number of rotatable bonds is 6. The van der Waals surface area contributed by atoms with Gasteiger partial charge in [-0.3, -0.25) is 9.69 Å². The lowest BCUT2D eigenvalue weighted by atomic mass is 9.96. The van der Waals surface area contributed by atoms with E-state index in [1.807, 2.05) is 23.1 Å². The van der Waals surface area contributed by atoms with Gasteiger partial charge in [-0.1, -0.05) is 54.1 Å². The summed E-state index contributed by atoms with van der Waals surface area (Å²) in [5.74, 6) is 1.17. The molecule has 1 saturated heterocycles. The van der Waals surface area contributed by atoms with Gasteiger partial charge >= 0.3 is 0 Å². The minimum atomic E-state index is -0.0214. The maximum absolute atomic E-state index is 13.2. The lowest BCUT2D eigenvalue weighted by Gasteiger charge is -2.40. The third kappa shape index (κ3) is 4.74. The van der Waals surface area contributed by atoms with Crippen LogP contribution >= 0.6 is 11.6 Å². The molecule has 1 atom stereocenters. The summed E-state index contributed by atoms with van der Waals surface area (Å²) >= 11 is 6.13. The minimum Gasteiger partial charge on any atom is -0.497 e. The van der Waals surface area contributed by atoms with Gasteiger partial charge in [0.25, 0.3) is 5.91 Å². The summed E-state index contributed by atoms with van der Waals surface area (Å²) in [6.45, 7) is 2.83. The molecule has 0 radical (unpaired) electrons. The van der Waals surface area contributed by atoms with E-state index in [2.05, 4.69) is 41.3 Å². The van der Waals surface area contributed by atoms with Crippen molar-refractivity contribution in [3.05, 3.63) is 94.5 Å². The van der Waals surface area contributed by atoms with Crippen molar-refractivity contribution in [3.63, 3.8) is 0 Å². The van der Waals surface area contributed by atoms with E-state index in [0.717, 1.165) is 18.1 Å². The van der Waals surface area contributed by atoms with Gasteiger partial charge in [0.1, 0.15) is 11.5 Å². The van der Waals surface area contributed by atoms with Crippen molar-refractivity contribution in [2.75, 3.05) is 40.4 Å². The Kier molecular flexibility index (Phi) is 6.98. The van der Waals surface area contributed by atoms with Gasteiger partial charge in [-0.2, -0.15) is 0 Å². The highest BCUT2D eigenvalue weighted by Gasteiger charge is 2.29. The molecule has 6 heteroatoms. The maximum atomic E-state index is 13.2. The van der Waals surface area contributed by atoms with E-state index in [1.165, 1.54) is 11.1 Å². The molecule has 0 bridgehead atoms. The van der Waals surface area contributed by atoms with Crippen molar-refractivity contribution >= 4 is 17.5 Å². The minimum absolute atomic E-state index is 0.0214. The molecule has 4 rings (SSSR count). The van der Waals surface area contributed by atoms with Crippen molar-refractivity contribution in [1.82, 2.24) is 9.80 Å². The fourth-order valence-corrected chi connectivity index (χ4v) is 4.35. The average Bonchev–Trinajstić information content (AvgIpc) is 2.85. The van der Waals surface area contributed by atoms with Crippen molar-refractivity contribution in [1.29, 1.82) is 0 Å². The van der Waals surface area contributed by atoms with Crippen LogP contribution in [0.25, 0.3) is 0 Å². The first-order valence-electron chi connectivity index (χ1n) is 10.7. The van der Waals surface area contributed by atoms with Crippen LogP contribution in [-0.2, 0) is 0 Å². The Morgan fingerprint density at radius 1 is 0.844 bits per heavy atom. The number of hydrogen-bond acceptors (Lipinski definition) is 4. The number of halogens is 1. The molecule has 0 N–H and O–H groups in total. The Balaban J connectivity index is 1.52. The zero-order chi connectivity index (χ0) is 22.5. The van der Waals surface area contributed by atoms with Crippen molar-refractivity contribution in [2.24, 2.45) is 0 Å². The number of hydrogen-bond donors (Lipinski definition) is 0. The highest BCUT2D eigenvalue weighted by atomic mass is 35.5. The Bertz CT molecular complexity index is 1050. The van der Waals surface area contributed by atoms with Gasteiger partial charge in [0.05, 0.1) is 25.8 Å². The van der Waals surface area contributed by atoms with Crippen LogP contribution in [0.15, 0.2) is 72.8 Å². The predicted molar refractivity (Wildman–Crippen MR) is 127 cm³/mol. The van der Waals surface area contributed by atoms with Gasteiger partial charge in [0.2, 0.25) is 0 Å². The molecular weight excluding hydrogens is 424 g/mol. The van der Waals surface area contributed by atoms with E-state index in [1.54, 1.807) is 32.4 Å². The van der Waals surface area contributed by atoms with Crippen LogP contribution in [0.4, 0.5) is 0 Å². The zero-order valence-electron chi connectivity index (χ0n) is 18.3. The quantitative estimate of drug-likeness (QED) is 0.535. The third-order valence-electron chi connectivity index (χ3n) is 5.91. The number of piperazine rings is 1. The van der Waals surface area contributed by atoms with Crippen LogP contribution in [-0.4, -0.2) is 56.1 Å². The second-order valence-electron chi connectivity index (χ2n) is 7.76. The van der Waals surface area contributed by atoms with E-state index in [0.29, 0.717) is 30.2 Å². The molecule has 0 aliphatic carbocycles. The summed E-state index contributed by atoms with van der Waals surface area (Å²) in [5, 5.41) is 0.726. The second-order valence-corrected chi connectivity index (χ2v) is 8.20. The summed E-state index contributed by atoms with van der Waals surface area (Å²) in [6, 6.07) is 23.9. The van der Waals surface area contributed by atoms with Crippen molar-refractivity contribution in [2.45, 2.75) is 6.04 Å². The van der Waals surface area contributed by atoms with Crippen LogP contribution in [0.3, 0.4) is 0 Å². The molecule has 0 spiro atoms. The highest BCUT2D eigenvalue weighted by Crippen LogP contribution is 2.31. The first kappa shape index (κ1) is 22.2. The number of amides is 1. The molecular formula is C26H27ClN2O3. The summed E-state index contributed by atoms with van der Waals surface area (Å²) in [7, 11) is 3.17. The monoisotopic (exact) mass is 450 g/mol. The molecule has 32 heavy (non-hydrogen) atoms. The largest absolute Gasteiger partial charge is 0.497 e. The van der Waals surface area contributed by atoms with Crippen LogP contribution in [0.1, 0.15) is 27.5 Å². The topological polar surface area (TPSA) is 42.0 Å². The number of carbonyl (C=O) groups excluding carboxylic acids is 1. The van der Waals surface area contributed by atoms with Crippen LogP contribution in [0, 0.1) is 0 Å². The highest BCUT2D eigenvalue weighted by molar-refractivity contribution is 6.30. The summed E-state index contributed by atoms with van der Waals surface area (Å²) in [6.07, 6.45) is 0. The molecule has 0 saturated carbocycles. The first-order valence-corrected chi connectivity index (χ1v) is 11.0. The number of ether oxygens (including phenoxy) is 2. The Hall–Kier alpha value is -3.02.